The zero-order chi connectivity index (χ0) is 31.5. The number of fused-ring (bicyclic) bond motifs is 1. The molecule has 3 aromatic rings. The maximum atomic E-state index is 13.8. The molecule has 0 spiro atoms. The number of halogens is 4. The number of benzene rings is 1. The minimum atomic E-state index is -4.36. The second-order valence-corrected chi connectivity index (χ2v) is 18.7. The minimum absolute atomic E-state index is 0.211. The maximum Gasteiger partial charge on any atom is 0.401 e. The highest BCUT2D eigenvalue weighted by Gasteiger charge is 2.41. The number of ether oxygens (including phenoxy) is 1. The van der Waals surface area contributed by atoms with Crippen LogP contribution in [0.2, 0.25) is 25.7 Å². The summed E-state index contributed by atoms with van der Waals surface area (Å²) < 4.78 is 59.5. The molecule has 2 aliphatic heterocycles. The van der Waals surface area contributed by atoms with Crippen LogP contribution in [0.25, 0.3) is 11.4 Å². The van der Waals surface area contributed by atoms with Crippen LogP contribution in [0.5, 0.6) is 0 Å². The van der Waals surface area contributed by atoms with Crippen molar-refractivity contribution in [1.82, 2.24) is 35.0 Å². The Kier molecular flexibility index (Phi) is 10.0. The van der Waals surface area contributed by atoms with E-state index in [1.165, 1.54) is 9.70 Å². The first-order chi connectivity index (χ1) is 20.9. The van der Waals surface area contributed by atoms with Crippen LogP contribution in [-0.4, -0.2) is 101 Å². The Balaban J connectivity index is 1.32. The number of pyridine rings is 1. The van der Waals surface area contributed by atoms with Crippen molar-refractivity contribution < 1.29 is 22.3 Å². The van der Waals surface area contributed by atoms with E-state index in [1.54, 1.807) is 12.3 Å². The highest BCUT2D eigenvalue weighted by atomic mass is 28.3. The average Bonchev–Trinajstić information content (AvgIpc) is 3.41. The summed E-state index contributed by atoms with van der Waals surface area (Å²) in [6.45, 7) is 10.6. The van der Waals surface area contributed by atoms with Crippen LogP contribution in [0.15, 0.2) is 36.5 Å². The van der Waals surface area contributed by atoms with Crippen molar-refractivity contribution in [3.05, 3.63) is 53.3 Å². The van der Waals surface area contributed by atoms with Crippen LogP contribution in [0, 0.1) is 0 Å². The van der Waals surface area contributed by atoms with Gasteiger partial charge in [-0.15, -0.1) is 15.0 Å². The summed E-state index contributed by atoms with van der Waals surface area (Å²) in [5.74, 6) is 0.441. The largest absolute Gasteiger partial charge is 0.401 e. The zero-order valence-corrected chi connectivity index (χ0v) is 26.8. The fourth-order valence-corrected chi connectivity index (χ4v) is 6.55. The molecule has 0 bridgehead atoms. The smallest absolute Gasteiger partial charge is 0.378 e. The molecule has 14 heteroatoms. The van der Waals surface area contributed by atoms with Gasteiger partial charge >= 0.3 is 6.18 Å². The highest BCUT2D eigenvalue weighted by Crippen LogP contribution is 2.40. The summed E-state index contributed by atoms with van der Waals surface area (Å²) >= 11 is 0. The van der Waals surface area contributed by atoms with Crippen molar-refractivity contribution >= 4 is 13.8 Å². The Labute approximate surface area is 257 Å². The van der Waals surface area contributed by atoms with E-state index >= 15 is 0 Å². The molecule has 2 aliphatic rings. The summed E-state index contributed by atoms with van der Waals surface area (Å²) in [5, 5.41) is 16.2. The number of rotatable bonds is 13. The van der Waals surface area contributed by atoms with E-state index in [0.29, 0.717) is 31.0 Å². The molecule has 2 aromatic heterocycles. The molecule has 0 radical (unpaired) electrons. The lowest BCUT2D eigenvalue weighted by atomic mass is 9.85. The van der Waals surface area contributed by atoms with Gasteiger partial charge in [-0.25, -0.2) is 0 Å². The molecule has 1 fully saturated rings. The van der Waals surface area contributed by atoms with Crippen molar-refractivity contribution in [2.24, 2.45) is 0 Å². The summed E-state index contributed by atoms with van der Waals surface area (Å²) in [7, 11) is -1.20. The fraction of sp³-hybridized carbons (Fsp3) is 0.600. The zero-order valence-electron chi connectivity index (χ0n) is 25.8. The lowest BCUT2D eigenvalue weighted by Gasteiger charge is -2.42. The number of hydrogen-bond donors (Lipinski definition) is 1. The second-order valence-electron chi connectivity index (χ2n) is 13.1. The van der Waals surface area contributed by atoms with E-state index in [-0.39, 0.29) is 25.5 Å². The van der Waals surface area contributed by atoms with E-state index in [2.05, 4.69) is 50.3 Å². The molecule has 2 atom stereocenters. The van der Waals surface area contributed by atoms with Gasteiger partial charge in [-0.3, -0.25) is 19.2 Å². The first-order valence-electron chi connectivity index (χ1n) is 15.2. The van der Waals surface area contributed by atoms with Gasteiger partial charge in [0.25, 0.3) is 0 Å². The molecule has 0 aliphatic carbocycles. The lowest BCUT2D eigenvalue weighted by Crippen LogP contribution is -2.54. The second kappa shape index (κ2) is 13.6. The third-order valence-electron chi connectivity index (χ3n) is 8.13. The van der Waals surface area contributed by atoms with Gasteiger partial charge in [-0.2, -0.15) is 13.2 Å². The molecule has 0 unspecified atom stereocenters. The van der Waals surface area contributed by atoms with Crippen molar-refractivity contribution in [3.63, 3.8) is 0 Å². The standard InChI is InChI=1S/C30H42F4N8OSi/c1-21-14-23-15-22(29-37-39-42(38-29)20-43-12-13-44(2,3)4)6-8-26(23)28(41(21)19-30(32,33)34)27-9-7-24(16-35-27)36-25-17-40(18-25)11-5-10-31/h6-9,15-16,21,25,28,36H,5,10-14,17-20H2,1-4H3/t21-,28+/m1/s1. The van der Waals surface area contributed by atoms with Crippen LogP contribution in [-0.2, 0) is 17.9 Å². The van der Waals surface area contributed by atoms with Gasteiger partial charge in [0.1, 0.15) is 0 Å². The minimum Gasteiger partial charge on any atom is -0.378 e. The Morgan fingerprint density at radius 2 is 1.91 bits per heavy atom. The van der Waals surface area contributed by atoms with Gasteiger partial charge < -0.3 is 10.1 Å². The quantitative estimate of drug-likeness (QED) is 0.152. The first-order valence-corrected chi connectivity index (χ1v) is 18.9. The van der Waals surface area contributed by atoms with Crippen molar-refractivity contribution in [2.75, 3.05) is 44.8 Å². The van der Waals surface area contributed by atoms with Crippen molar-refractivity contribution in [3.8, 4) is 11.4 Å². The number of anilines is 1. The molecule has 240 valence electrons. The third-order valence-corrected chi connectivity index (χ3v) is 9.83. The number of hydrogen-bond acceptors (Lipinski definition) is 8. The molecular weight excluding hydrogens is 592 g/mol. The van der Waals surface area contributed by atoms with E-state index in [1.807, 2.05) is 31.2 Å². The molecule has 9 nitrogen and oxygen atoms in total. The molecule has 0 saturated carbocycles. The number of likely N-dealkylation sites (tertiary alicyclic amines) is 1. The Bertz CT molecular complexity index is 1370. The number of nitrogens with one attached hydrogen (secondary N) is 1. The summed E-state index contributed by atoms with van der Waals surface area (Å²) in [4.78, 5) is 9.73. The van der Waals surface area contributed by atoms with E-state index < -0.39 is 26.8 Å². The average molecular weight is 635 g/mol. The Morgan fingerprint density at radius 3 is 2.59 bits per heavy atom. The van der Waals surface area contributed by atoms with Gasteiger partial charge in [0, 0.05) is 45.9 Å². The Hall–Kier alpha value is -2.94. The summed E-state index contributed by atoms with van der Waals surface area (Å²) in [6.07, 6.45) is -1.69. The summed E-state index contributed by atoms with van der Waals surface area (Å²) in [6, 6.07) is 9.58. The van der Waals surface area contributed by atoms with Crippen LogP contribution >= 0.6 is 0 Å². The number of aromatic nitrogens is 5. The van der Waals surface area contributed by atoms with Crippen molar-refractivity contribution in [1.29, 1.82) is 0 Å². The fourth-order valence-electron chi connectivity index (χ4n) is 5.79. The normalized spacial score (nSPS) is 20.0. The van der Waals surface area contributed by atoms with Crippen LogP contribution in [0.3, 0.4) is 0 Å². The van der Waals surface area contributed by atoms with E-state index in [9.17, 15) is 17.6 Å². The predicted molar refractivity (Wildman–Crippen MR) is 164 cm³/mol. The summed E-state index contributed by atoms with van der Waals surface area (Å²) in [5.41, 5.74) is 3.84. The van der Waals surface area contributed by atoms with Gasteiger partial charge in [0.2, 0.25) is 5.82 Å². The molecule has 1 N–H and O–H groups in total. The molecule has 1 aromatic carbocycles. The predicted octanol–water partition coefficient (Wildman–Crippen LogP) is 5.40. The molecule has 4 heterocycles. The van der Waals surface area contributed by atoms with Gasteiger partial charge in [-0.1, -0.05) is 31.8 Å². The van der Waals surface area contributed by atoms with Gasteiger partial charge in [0.05, 0.1) is 42.9 Å². The number of alkyl halides is 4. The topological polar surface area (TPSA) is 84.2 Å². The monoisotopic (exact) mass is 634 g/mol. The number of nitrogens with zero attached hydrogens (tertiary/aromatic N) is 7. The van der Waals surface area contributed by atoms with Crippen LogP contribution in [0.4, 0.5) is 23.2 Å². The van der Waals surface area contributed by atoms with E-state index in [4.69, 9.17) is 4.74 Å². The van der Waals surface area contributed by atoms with Crippen LogP contribution in [0.1, 0.15) is 36.2 Å². The number of tetrazole rings is 1. The van der Waals surface area contributed by atoms with E-state index in [0.717, 1.165) is 48.1 Å². The van der Waals surface area contributed by atoms with Gasteiger partial charge in [-0.05, 0) is 60.3 Å². The highest BCUT2D eigenvalue weighted by molar-refractivity contribution is 6.76. The lowest BCUT2D eigenvalue weighted by molar-refractivity contribution is -0.155. The molecule has 1 saturated heterocycles. The Morgan fingerprint density at radius 1 is 1.11 bits per heavy atom. The first kappa shape index (κ1) is 32.5. The van der Waals surface area contributed by atoms with Crippen LogP contribution < -0.4 is 5.32 Å². The molecular formula is C30H42F4N8OSi. The SMILES string of the molecule is C[C@@H]1Cc2cc(-c3nnn(COCC[Si](C)(C)C)n3)ccc2[C@@H](c2ccc(NC3CN(CCCF)C3)cn2)N1CC(F)(F)F. The van der Waals surface area contributed by atoms with Crippen molar-refractivity contribution in [2.45, 2.75) is 76.5 Å². The molecule has 44 heavy (non-hydrogen) atoms. The molecule has 5 rings (SSSR count). The third kappa shape index (κ3) is 8.40. The molecule has 0 amide bonds. The van der Waals surface area contributed by atoms with Gasteiger partial charge in [0.15, 0.2) is 6.73 Å². The maximum absolute atomic E-state index is 13.8.